The molecule has 0 aromatic heterocycles. The Balaban J connectivity index is -0.000000851. The van der Waals surface area contributed by atoms with Crippen molar-refractivity contribution in [3.8, 4) is 0 Å². The molecule has 0 aromatic carbocycles. The lowest BCUT2D eigenvalue weighted by Crippen LogP contribution is -2.16. The molecular formula is C40H86N2O5S. The van der Waals surface area contributed by atoms with Gasteiger partial charge in [-0.25, -0.2) is 0 Å². The van der Waals surface area contributed by atoms with E-state index in [2.05, 4.69) is 56.6 Å². The van der Waals surface area contributed by atoms with E-state index in [0.717, 1.165) is 45.2 Å². The molecule has 0 aromatic rings. The van der Waals surface area contributed by atoms with Crippen molar-refractivity contribution in [3.63, 3.8) is 0 Å². The van der Waals surface area contributed by atoms with Gasteiger partial charge in [-0.2, -0.15) is 16.6 Å². The summed E-state index contributed by atoms with van der Waals surface area (Å²) < 4.78 is 5.47. The Morgan fingerprint density at radius 1 is 0.688 bits per heavy atom. The molecule has 0 aliphatic rings. The number of ether oxygens (including phenoxy) is 1. The molecule has 0 heterocycles. The zero-order valence-corrected chi connectivity index (χ0v) is 34.0. The largest absolute Gasteiger partial charge is 0.412 e. The number of thioether (sulfide) groups is 1. The second-order valence-electron chi connectivity index (χ2n) is 12.5. The van der Waals surface area contributed by atoms with E-state index >= 15 is 0 Å². The normalized spacial score (nSPS) is 11.7. The number of unbranched alkanes of at least 4 members (excludes halogenated alkanes) is 17. The second-order valence-corrected chi connectivity index (χ2v) is 13.5. The fourth-order valence-electron chi connectivity index (χ4n) is 4.62. The van der Waals surface area contributed by atoms with Gasteiger partial charge in [-0.3, -0.25) is 0 Å². The standard InChI is InChI=1S/C33H65NO4.C5H13NS.C2H6.H2O/c1-3-5-7-9-12-18-24-30-36-33(35)27-21-15-14-17-23-29-34-28-22-16-11-13-20-26-32-38-37-31-25-19-10-8-6-4-2;1-6(2)4-5-7-3;1-2;/h18,24-25,31,33-35H,3-17,19-23,26-30,32H2,1-2H3;4-5H2,1-3H3;1-2H3;1H2/b24-18-,31-25?;;;. The van der Waals surface area contributed by atoms with Crippen LogP contribution < -0.4 is 5.32 Å². The summed E-state index contributed by atoms with van der Waals surface area (Å²) in [4.78, 5) is 12.5. The predicted octanol–water partition coefficient (Wildman–Crippen LogP) is 10.7. The first-order chi connectivity index (χ1) is 23.1. The van der Waals surface area contributed by atoms with Crippen LogP contribution >= 0.6 is 11.8 Å². The number of hydrogen-bond acceptors (Lipinski definition) is 7. The molecule has 0 amide bonds. The molecule has 7 nitrogen and oxygen atoms in total. The fraction of sp³-hybridized carbons (Fsp3) is 0.900. The second kappa shape index (κ2) is 53.2. The first-order valence-electron chi connectivity index (χ1n) is 19.8. The molecule has 1 unspecified atom stereocenters. The van der Waals surface area contributed by atoms with Crippen molar-refractivity contribution in [2.24, 2.45) is 0 Å². The molecule has 48 heavy (non-hydrogen) atoms. The van der Waals surface area contributed by atoms with Crippen LogP contribution in [0.25, 0.3) is 0 Å². The Morgan fingerprint density at radius 3 is 1.75 bits per heavy atom. The fourth-order valence-corrected chi connectivity index (χ4v) is 5.17. The van der Waals surface area contributed by atoms with Gasteiger partial charge in [0.1, 0.15) is 6.26 Å². The van der Waals surface area contributed by atoms with Crippen LogP contribution in [-0.4, -0.2) is 80.7 Å². The molecule has 4 N–H and O–H groups in total. The van der Waals surface area contributed by atoms with E-state index < -0.39 is 6.29 Å². The monoisotopic (exact) mass is 707 g/mol. The number of hydrogen-bond donors (Lipinski definition) is 2. The highest BCUT2D eigenvalue weighted by Gasteiger charge is 2.02. The van der Waals surface area contributed by atoms with Gasteiger partial charge in [0.25, 0.3) is 0 Å². The smallest absolute Gasteiger partial charge is 0.154 e. The maximum absolute atomic E-state index is 9.92. The number of allylic oxidation sites excluding steroid dienone is 2. The predicted molar refractivity (Wildman–Crippen MR) is 215 cm³/mol. The van der Waals surface area contributed by atoms with E-state index in [4.69, 9.17) is 14.5 Å². The quantitative estimate of drug-likeness (QED) is 0.0169. The van der Waals surface area contributed by atoms with E-state index in [-0.39, 0.29) is 5.48 Å². The van der Waals surface area contributed by atoms with Gasteiger partial charge in [-0.1, -0.05) is 123 Å². The maximum atomic E-state index is 9.92. The van der Waals surface area contributed by atoms with Crippen LogP contribution in [0.4, 0.5) is 0 Å². The Labute approximate surface area is 305 Å². The molecule has 0 spiro atoms. The van der Waals surface area contributed by atoms with Gasteiger partial charge in [0.2, 0.25) is 0 Å². The molecule has 8 heteroatoms. The molecule has 0 aliphatic carbocycles. The summed E-state index contributed by atoms with van der Waals surface area (Å²) in [5, 5.41) is 13.5. The lowest BCUT2D eigenvalue weighted by molar-refractivity contribution is -0.249. The van der Waals surface area contributed by atoms with Gasteiger partial charge < -0.3 is 30.4 Å². The number of aliphatic hydroxyl groups excluding tert-OH is 1. The van der Waals surface area contributed by atoms with Crippen molar-refractivity contribution in [2.75, 3.05) is 59.0 Å². The summed E-state index contributed by atoms with van der Waals surface area (Å²) in [5.74, 6) is 1.24. The summed E-state index contributed by atoms with van der Waals surface area (Å²) in [7, 11) is 4.19. The third-order valence-electron chi connectivity index (χ3n) is 7.60. The van der Waals surface area contributed by atoms with Gasteiger partial charge in [0.05, 0.1) is 13.2 Å². The van der Waals surface area contributed by atoms with E-state index in [0.29, 0.717) is 13.2 Å². The van der Waals surface area contributed by atoms with E-state index in [1.807, 2.05) is 31.7 Å². The first kappa shape index (κ1) is 54.2. The summed E-state index contributed by atoms with van der Waals surface area (Å²) in [6.07, 6.45) is 36.2. The minimum absolute atomic E-state index is 0. The highest BCUT2D eigenvalue weighted by atomic mass is 32.2. The molecule has 0 bridgehead atoms. The first-order valence-corrected chi connectivity index (χ1v) is 21.2. The van der Waals surface area contributed by atoms with Crippen molar-refractivity contribution >= 4 is 11.8 Å². The van der Waals surface area contributed by atoms with E-state index in [1.165, 1.54) is 121 Å². The van der Waals surface area contributed by atoms with Crippen LogP contribution in [0.2, 0.25) is 0 Å². The third-order valence-corrected chi connectivity index (χ3v) is 8.19. The van der Waals surface area contributed by atoms with E-state index in [9.17, 15) is 5.11 Å². The van der Waals surface area contributed by atoms with Gasteiger partial charge >= 0.3 is 0 Å². The molecule has 0 saturated carbocycles. The van der Waals surface area contributed by atoms with Crippen LogP contribution in [0.5, 0.6) is 0 Å². The number of nitrogens with one attached hydrogen (secondary N) is 1. The summed E-state index contributed by atoms with van der Waals surface area (Å²) in [6.45, 7) is 13.1. The van der Waals surface area contributed by atoms with Crippen molar-refractivity contribution in [1.82, 2.24) is 10.2 Å². The molecule has 292 valence electrons. The highest BCUT2D eigenvalue weighted by molar-refractivity contribution is 7.98. The molecular weight excluding hydrogens is 621 g/mol. The Hall–Kier alpha value is -0.610. The van der Waals surface area contributed by atoms with Crippen LogP contribution in [-0.2, 0) is 14.5 Å². The van der Waals surface area contributed by atoms with E-state index in [1.54, 1.807) is 6.26 Å². The van der Waals surface area contributed by atoms with Crippen LogP contribution in [0.1, 0.15) is 169 Å². The van der Waals surface area contributed by atoms with Gasteiger partial charge in [-0.05, 0) is 97.3 Å². The Bertz CT molecular complexity index is 582. The molecule has 0 saturated heterocycles. The zero-order chi connectivity index (χ0) is 35.3. The topological polar surface area (TPSA) is 94.7 Å². The average molecular weight is 707 g/mol. The van der Waals surface area contributed by atoms with Crippen LogP contribution in [0.3, 0.4) is 0 Å². The van der Waals surface area contributed by atoms with Crippen molar-refractivity contribution in [2.45, 2.75) is 175 Å². The van der Waals surface area contributed by atoms with Gasteiger partial charge in [0, 0.05) is 12.3 Å². The summed E-state index contributed by atoms with van der Waals surface area (Å²) >= 11 is 1.89. The molecule has 0 fully saturated rings. The van der Waals surface area contributed by atoms with Crippen LogP contribution in [0.15, 0.2) is 24.5 Å². The Kier molecular flexibility index (Phi) is 60.0. The molecule has 1 atom stereocenters. The van der Waals surface area contributed by atoms with Crippen molar-refractivity contribution < 1.29 is 25.1 Å². The van der Waals surface area contributed by atoms with Crippen molar-refractivity contribution in [1.29, 1.82) is 0 Å². The number of rotatable bonds is 35. The minimum atomic E-state index is -0.610. The highest BCUT2D eigenvalue weighted by Crippen LogP contribution is 2.09. The molecule has 0 rings (SSSR count). The summed E-state index contributed by atoms with van der Waals surface area (Å²) in [5.41, 5.74) is 0. The minimum Gasteiger partial charge on any atom is -0.412 e. The van der Waals surface area contributed by atoms with Gasteiger partial charge in [0.15, 0.2) is 6.29 Å². The number of aliphatic hydroxyl groups is 1. The van der Waals surface area contributed by atoms with Crippen molar-refractivity contribution in [3.05, 3.63) is 24.5 Å². The average Bonchev–Trinajstić information content (AvgIpc) is 3.08. The lowest BCUT2D eigenvalue weighted by Gasteiger charge is -2.10. The zero-order valence-electron chi connectivity index (χ0n) is 33.2. The molecule has 0 radical (unpaired) electrons. The summed E-state index contributed by atoms with van der Waals surface area (Å²) in [6, 6.07) is 0. The maximum Gasteiger partial charge on any atom is 0.154 e. The van der Waals surface area contributed by atoms with Crippen LogP contribution in [0, 0.1) is 0 Å². The Morgan fingerprint density at radius 2 is 1.21 bits per heavy atom. The number of nitrogens with zero attached hydrogens (tertiary/aromatic N) is 1. The SMILES string of the molecule is CC.CCCCCCC=COOCCCCCCCCNCCCCCCCC(O)OC/C=C\CCCCCC.CSCCN(C)C.O. The molecule has 0 aliphatic heterocycles. The third kappa shape index (κ3) is 57.6. The lowest BCUT2D eigenvalue weighted by atomic mass is 10.1. The van der Waals surface area contributed by atoms with Gasteiger partial charge in [-0.15, -0.1) is 0 Å².